The van der Waals surface area contributed by atoms with Gasteiger partial charge in [-0.3, -0.25) is 0 Å². The molecule has 2 unspecified atom stereocenters. The molecule has 2 fully saturated rings. The number of anilines is 1. The Hall–Kier alpha value is -0.730. The van der Waals surface area contributed by atoms with E-state index < -0.39 is 0 Å². The van der Waals surface area contributed by atoms with Gasteiger partial charge in [0.05, 0.1) is 0 Å². The van der Waals surface area contributed by atoms with Crippen LogP contribution in [0.25, 0.3) is 0 Å². The summed E-state index contributed by atoms with van der Waals surface area (Å²) in [7, 11) is 0. The number of hydrogen-bond acceptors (Lipinski definition) is 2. The minimum Gasteiger partial charge on any atom is -0.368 e. The van der Waals surface area contributed by atoms with Gasteiger partial charge in [0.2, 0.25) is 0 Å². The topological polar surface area (TPSA) is 15.3 Å². The van der Waals surface area contributed by atoms with Gasteiger partial charge >= 0.3 is 0 Å². The summed E-state index contributed by atoms with van der Waals surface area (Å²) in [5.41, 5.74) is 2.76. The second-order valence-corrected chi connectivity index (χ2v) is 6.58. The van der Waals surface area contributed by atoms with Gasteiger partial charge in [0.15, 0.2) is 0 Å². The lowest BCUT2D eigenvalue weighted by atomic mass is 9.91. The highest BCUT2D eigenvalue weighted by atomic mass is 35.5. The molecule has 1 saturated heterocycles. The molecule has 3 heteroatoms. The van der Waals surface area contributed by atoms with Crippen molar-refractivity contribution >= 4 is 17.3 Å². The maximum Gasteiger partial charge on any atom is 0.0415 e. The third-order valence-corrected chi connectivity index (χ3v) is 5.14. The van der Waals surface area contributed by atoms with Crippen LogP contribution in [0.3, 0.4) is 0 Å². The summed E-state index contributed by atoms with van der Waals surface area (Å²) in [5, 5.41) is 4.29. The van der Waals surface area contributed by atoms with E-state index in [1.165, 1.54) is 49.9 Å². The predicted molar refractivity (Wildman–Crippen MR) is 86.5 cm³/mol. The molecule has 0 spiro atoms. The third kappa shape index (κ3) is 2.82. The Labute approximate surface area is 127 Å². The van der Waals surface area contributed by atoms with Crippen LogP contribution in [0, 0.1) is 5.92 Å². The fourth-order valence-electron chi connectivity index (χ4n) is 3.99. The predicted octanol–water partition coefficient (Wildman–Crippen LogP) is 4.22. The average Bonchev–Trinajstić information content (AvgIpc) is 2.94. The van der Waals surface area contributed by atoms with Crippen molar-refractivity contribution in [2.75, 3.05) is 18.0 Å². The fourth-order valence-corrected chi connectivity index (χ4v) is 4.18. The van der Waals surface area contributed by atoms with Crippen molar-refractivity contribution in [3.8, 4) is 0 Å². The molecule has 1 aromatic carbocycles. The maximum absolute atomic E-state index is 6.20. The van der Waals surface area contributed by atoms with Gasteiger partial charge in [-0.05, 0) is 61.9 Å². The molecule has 2 aliphatic rings. The molecule has 0 bridgehead atoms. The van der Waals surface area contributed by atoms with Crippen molar-refractivity contribution in [1.82, 2.24) is 5.32 Å². The second-order valence-electron chi connectivity index (χ2n) is 6.15. The molecule has 3 rings (SSSR count). The molecular weight excluding hydrogens is 268 g/mol. The molecule has 20 heavy (non-hydrogen) atoms. The zero-order chi connectivity index (χ0) is 13.9. The van der Waals surface area contributed by atoms with Crippen molar-refractivity contribution in [2.24, 2.45) is 5.92 Å². The number of nitrogens with zero attached hydrogens (tertiary/aromatic N) is 1. The number of halogens is 1. The number of rotatable bonds is 4. The summed E-state index contributed by atoms with van der Waals surface area (Å²) in [5.74, 6) is 0.923. The highest BCUT2D eigenvalue weighted by Gasteiger charge is 2.35. The van der Waals surface area contributed by atoms with Crippen molar-refractivity contribution in [1.29, 1.82) is 0 Å². The van der Waals surface area contributed by atoms with Crippen LogP contribution in [0.15, 0.2) is 18.2 Å². The molecule has 1 heterocycles. The van der Waals surface area contributed by atoms with Gasteiger partial charge in [0, 0.05) is 29.8 Å². The largest absolute Gasteiger partial charge is 0.368 e. The van der Waals surface area contributed by atoms with E-state index >= 15 is 0 Å². The zero-order valence-corrected chi connectivity index (χ0v) is 13.1. The SMILES string of the molecule is CCNCc1cc(Cl)ccc1N1CCCC2CCCC21. The van der Waals surface area contributed by atoms with Crippen molar-refractivity contribution in [2.45, 2.75) is 51.6 Å². The molecule has 1 aliphatic heterocycles. The first-order valence-electron chi connectivity index (χ1n) is 8.05. The minimum atomic E-state index is 0.769. The normalized spacial score (nSPS) is 25.8. The van der Waals surface area contributed by atoms with E-state index in [0.717, 1.165) is 30.1 Å². The number of piperidine rings is 1. The average molecular weight is 293 g/mol. The Morgan fingerprint density at radius 3 is 2.95 bits per heavy atom. The van der Waals surface area contributed by atoms with Crippen LogP contribution >= 0.6 is 11.6 Å². The zero-order valence-electron chi connectivity index (χ0n) is 12.4. The van der Waals surface area contributed by atoms with Gasteiger partial charge < -0.3 is 10.2 Å². The minimum absolute atomic E-state index is 0.769. The van der Waals surface area contributed by atoms with Crippen LogP contribution in [-0.4, -0.2) is 19.1 Å². The molecule has 0 radical (unpaired) electrons. The maximum atomic E-state index is 6.20. The molecule has 2 nitrogen and oxygen atoms in total. The highest BCUT2D eigenvalue weighted by molar-refractivity contribution is 6.30. The Bertz CT molecular complexity index is 460. The Morgan fingerprint density at radius 1 is 1.25 bits per heavy atom. The first-order chi connectivity index (χ1) is 9.79. The summed E-state index contributed by atoms with van der Waals surface area (Å²) in [6.45, 7) is 5.28. The number of fused-ring (bicyclic) bond motifs is 1. The van der Waals surface area contributed by atoms with Crippen LogP contribution < -0.4 is 10.2 Å². The second kappa shape index (κ2) is 6.36. The van der Waals surface area contributed by atoms with E-state index in [2.05, 4.69) is 29.3 Å². The van der Waals surface area contributed by atoms with Gasteiger partial charge in [0.25, 0.3) is 0 Å². The molecule has 1 aromatic rings. The number of benzene rings is 1. The van der Waals surface area contributed by atoms with E-state index in [1.54, 1.807) is 0 Å². The van der Waals surface area contributed by atoms with Crippen molar-refractivity contribution < 1.29 is 0 Å². The van der Waals surface area contributed by atoms with Crippen LogP contribution in [-0.2, 0) is 6.54 Å². The first-order valence-corrected chi connectivity index (χ1v) is 8.43. The van der Waals surface area contributed by atoms with Gasteiger partial charge in [0.1, 0.15) is 0 Å². The van der Waals surface area contributed by atoms with Gasteiger partial charge in [-0.15, -0.1) is 0 Å². The lowest BCUT2D eigenvalue weighted by molar-refractivity contribution is 0.362. The van der Waals surface area contributed by atoms with Gasteiger partial charge in [-0.25, -0.2) is 0 Å². The Morgan fingerprint density at radius 2 is 2.10 bits per heavy atom. The summed E-state index contributed by atoms with van der Waals surface area (Å²) in [4.78, 5) is 2.67. The molecule has 1 aliphatic carbocycles. The lowest BCUT2D eigenvalue weighted by Crippen LogP contribution is -2.43. The third-order valence-electron chi connectivity index (χ3n) is 4.91. The standard InChI is InChI=1S/C17H25ClN2/c1-2-19-12-14-11-15(18)8-9-17(14)20-10-4-6-13-5-3-7-16(13)20/h8-9,11,13,16,19H,2-7,10,12H2,1H3. The number of nitrogens with one attached hydrogen (secondary N) is 1. The first kappa shape index (κ1) is 14.2. The summed E-state index contributed by atoms with van der Waals surface area (Å²) in [6, 6.07) is 7.18. The molecule has 0 aromatic heterocycles. The fraction of sp³-hybridized carbons (Fsp3) is 0.647. The summed E-state index contributed by atoms with van der Waals surface area (Å²) in [6.07, 6.45) is 6.97. The highest BCUT2D eigenvalue weighted by Crippen LogP contribution is 2.40. The van der Waals surface area contributed by atoms with E-state index in [-0.39, 0.29) is 0 Å². The molecular formula is C17H25ClN2. The lowest BCUT2D eigenvalue weighted by Gasteiger charge is -2.40. The quantitative estimate of drug-likeness (QED) is 0.894. The van der Waals surface area contributed by atoms with E-state index in [0.29, 0.717) is 0 Å². The Balaban J connectivity index is 1.87. The molecule has 1 saturated carbocycles. The summed E-state index contributed by atoms with van der Waals surface area (Å²) >= 11 is 6.20. The molecule has 2 atom stereocenters. The monoisotopic (exact) mass is 292 g/mol. The van der Waals surface area contributed by atoms with E-state index in [9.17, 15) is 0 Å². The number of hydrogen-bond donors (Lipinski definition) is 1. The van der Waals surface area contributed by atoms with Crippen molar-refractivity contribution in [3.05, 3.63) is 28.8 Å². The molecule has 110 valence electrons. The Kier molecular flexibility index (Phi) is 4.52. The summed E-state index contributed by atoms with van der Waals surface area (Å²) < 4.78 is 0. The molecule has 0 amide bonds. The van der Waals surface area contributed by atoms with Crippen LogP contribution in [0.4, 0.5) is 5.69 Å². The van der Waals surface area contributed by atoms with E-state index in [1.807, 2.05) is 6.07 Å². The van der Waals surface area contributed by atoms with Gasteiger partial charge in [-0.1, -0.05) is 24.9 Å². The van der Waals surface area contributed by atoms with E-state index in [4.69, 9.17) is 11.6 Å². The van der Waals surface area contributed by atoms with Crippen LogP contribution in [0.2, 0.25) is 5.02 Å². The van der Waals surface area contributed by atoms with Crippen molar-refractivity contribution in [3.63, 3.8) is 0 Å². The van der Waals surface area contributed by atoms with Gasteiger partial charge in [-0.2, -0.15) is 0 Å². The smallest absolute Gasteiger partial charge is 0.0415 e. The molecule has 1 N–H and O–H groups in total. The van der Waals surface area contributed by atoms with Crippen LogP contribution in [0.1, 0.15) is 44.6 Å². The van der Waals surface area contributed by atoms with Crippen LogP contribution in [0.5, 0.6) is 0 Å².